The van der Waals surface area contributed by atoms with Crippen LogP contribution in [0.2, 0.25) is 0 Å². The molecule has 2 aliphatic rings. The predicted octanol–water partition coefficient (Wildman–Crippen LogP) is 3.42. The normalized spacial score (nSPS) is 28.0. The molecule has 2 unspecified atom stereocenters. The third kappa shape index (κ3) is 3.27. The van der Waals surface area contributed by atoms with Gasteiger partial charge in [-0.05, 0) is 54.4 Å². The summed E-state index contributed by atoms with van der Waals surface area (Å²) in [5.41, 5.74) is 2.64. The van der Waals surface area contributed by atoms with Gasteiger partial charge in [-0.3, -0.25) is 4.90 Å². The summed E-state index contributed by atoms with van der Waals surface area (Å²) in [5, 5.41) is 10.7. The first-order valence-corrected chi connectivity index (χ1v) is 9.24. The van der Waals surface area contributed by atoms with Crippen LogP contribution in [0.1, 0.15) is 50.3 Å². The van der Waals surface area contributed by atoms with Crippen molar-refractivity contribution in [3.63, 3.8) is 0 Å². The number of rotatable bonds is 5. The average molecular weight is 333 g/mol. The second kappa shape index (κ2) is 7.32. The van der Waals surface area contributed by atoms with Crippen LogP contribution in [0, 0.1) is 11.8 Å². The lowest BCUT2D eigenvalue weighted by atomic mass is 9.78. The van der Waals surface area contributed by atoms with Crippen LogP contribution in [0.5, 0.6) is 11.5 Å². The van der Waals surface area contributed by atoms with Crippen LogP contribution in [-0.2, 0) is 6.42 Å². The van der Waals surface area contributed by atoms with E-state index in [1.807, 2.05) is 0 Å². The first-order chi connectivity index (χ1) is 11.6. The molecule has 1 saturated heterocycles. The molecule has 0 saturated carbocycles. The minimum atomic E-state index is -0.209. The van der Waals surface area contributed by atoms with Crippen LogP contribution in [0.4, 0.5) is 0 Å². The fourth-order valence-electron chi connectivity index (χ4n) is 4.33. The molecule has 4 nitrogen and oxygen atoms in total. The molecule has 2 aliphatic heterocycles. The average Bonchev–Trinajstić information content (AvgIpc) is 2.60. The van der Waals surface area contributed by atoms with Gasteiger partial charge < -0.3 is 14.6 Å². The molecule has 0 aliphatic carbocycles. The number of methoxy groups -OCH3 is 2. The Hall–Kier alpha value is -1.26. The lowest BCUT2D eigenvalue weighted by molar-refractivity contribution is -0.0200. The van der Waals surface area contributed by atoms with Crippen molar-refractivity contribution in [2.24, 2.45) is 11.8 Å². The maximum atomic E-state index is 10.7. The molecule has 0 aromatic heterocycles. The van der Waals surface area contributed by atoms with Gasteiger partial charge in [0.2, 0.25) is 0 Å². The van der Waals surface area contributed by atoms with Gasteiger partial charge in [-0.15, -0.1) is 0 Å². The minimum absolute atomic E-state index is 0.209. The number of hydrogen-bond acceptors (Lipinski definition) is 4. The fourth-order valence-corrected chi connectivity index (χ4v) is 4.33. The number of aliphatic hydroxyl groups is 1. The Morgan fingerprint density at radius 2 is 1.96 bits per heavy atom. The van der Waals surface area contributed by atoms with E-state index < -0.39 is 0 Å². The zero-order valence-corrected chi connectivity index (χ0v) is 15.4. The first kappa shape index (κ1) is 17.6. The van der Waals surface area contributed by atoms with Gasteiger partial charge in [-0.1, -0.05) is 20.3 Å². The minimum Gasteiger partial charge on any atom is -0.493 e. The van der Waals surface area contributed by atoms with E-state index in [9.17, 15) is 5.11 Å². The van der Waals surface area contributed by atoms with E-state index in [1.54, 1.807) is 14.2 Å². The maximum Gasteiger partial charge on any atom is 0.161 e. The van der Waals surface area contributed by atoms with Crippen LogP contribution >= 0.6 is 0 Å². The smallest absolute Gasteiger partial charge is 0.161 e. The summed E-state index contributed by atoms with van der Waals surface area (Å²) >= 11 is 0. The Balaban J connectivity index is 1.83. The molecule has 3 rings (SSSR count). The largest absolute Gasteiger partial charge is 0.493 e. The summed E-state index contributed by atoms with van der Waals surface area (Å²) in [5.74, 6) is 2.67. The molecular weight excluding hydrogens is 302 g/mol. The van der Waals surface area contributed by atoms with Crippen molar-refractivity contribution in [1.82, 2.24) is 4.90 Å². The zero-order chi connectivity index (χ0) is 17.3. The fraction of sp³-hybridized carbons (Fsp3) is 0.700. The SMILES string of the molecule is CCC(C)C[C@@H]1CN2CCc3cc(OC)c(OC)cc3[C@H]2CC1O. The monoisotopic (exact) mass is 333 g/mol. The van der Waals surface area contributed by atoms with Crippen molar-refractivity contribution in [2.75, 3.05) is 27.3 Å². The highest BCUT2D eigenvalue weighted by molar-refractivity contribution is 5.49. The van der Waals surface area contributed by atoms with E-state index in [-0.39, 0.29) is 6.10 Å². The molecule has 1 aromatic rings. The number of piperidine rings is 1. The highest BCUT2D eigenvalue weighted by Crippen LogP contribution is 2.43. The molecule has 24 heavy (non-hydrogen) atoms. The second-order valence-corrected chi connectivity index (χ2v) is 7.48. The van der Waals surface area contributed by atoms with Crippen LogP contribution in [0.15, 0.2) is 12.1 Å². The van der Waals surface area contributed by atoms with Crippen molar-refractivity contribution in [1.29, 1.82) is 0 Å². The summed E-state index contributed by atoms with van der Waals surface area (Å²) in [7, 11) is 3.37. The topological polar surface area (TPSA) is 41.9 Å². The van der Waals surface area contributed by atoms with Gasteiger partial charge in [0.05, 0.1) is 20.3 Å². The Labute approximate surface area is 145 Å². The van der Waals surface area contributed by atoms with Crippen LogP contribution in [-0.4, -0.2) is 43.4 Å². The summed E-state index contributed by atoms with van der Waals surface area (Å²) in [4.78, 5) is 2.56. The zero-order valence-electron chi connectivity index (χ0n) is 15.4. The lowest BCUT2D eigenvalue weighted by Gasteiger charge is -2.46. The molecule has 1 aromatic carbocycles. The highest BCUT2D eigenvalue weighted by atomic mass is 16.5. The van der Waals surface area contributed by atoms with Crippen LogP contribution in [0.25, 0.3) is 0 Å². The number of ether oxygens (including phenoxy) is 2. The Kier molecular flexibility index (Phi) is 5.36. The second-order valence-electron chi connectivity index (χ2n) is 7.48. The number of hydrogen-bond donors (Lipinski definition) is 1. The van der Waals surface area contributed by atoms with Crippen molar-refractivity contribution < 1.29 is 14.6 Å². The molecule has 0 bridgehead atoms. The van der Waals surface area contributed by atoms with E-state index in [4.69, 9.17) is 9.47 Å². The molecule has 0 spiro atoms. The molecule has 134 valence electrons. The van der Waals surface area contributed by atoms with Crippen molar-refractivity contribution in [3.05, 3.63) is 23.3 Å². The molecule has 4 heteroatoms. The third-order valence-electron chi connectivity index (χ3n) is 5.99. The Morgan fingerprint density at radius 1 is 1.25 bits per heavy atom. The standard InChI is InChI=1S/C20H31NO3/c1-5-13(2)8-15-12-21-7-6-14-9-19(23-3)20(24-4)10-16(14)17(21)11-18(15)22/h9-10,13,15,17-18,22H,5-8,11-12H2,1-4H3/t13?,15-,17-,18?/m1/s1. The van der Waals surface area contributed by atoms with Gasteiger partial charge in [0, 0.05) is 19.1 Å². The molecule has 2 heterocycles. The number of benzene rings is 1. The van der Waals surface area contributed by atoms with Crippen molar-refractivity contribution >= 4 is 0 Å². The van der Waals surface area contributed by atoms with Crippen molar-refractivity contribution in [2.45, 2.75) is 51.7 Å². The Bertz CT molecular complexity index is 574. The summed E-state index contributed by atoms with van der Waals surface area (Å²) in [6.45, 7) is 6.60. The van der Waals surface area contributed by atoms with E-state index in [1.165, 1.54) is 17.5 Å². The summed E-state index contributed by atoms with van der Waals surface area (Å²) < 4.78 is 10.9. The number of aliphatic hydroxyl groups excluding tert-OH is 1. The quantitative estimate of drug-likeness (QED) is 0.896. The maximum absolute atomic E-state index is 10.7. The number of fused-ring (bicyclic) bond motifs is 3. The molecule has 4 atom stereocenters. The third-order valence-corrected chi connectivity index (χ3v) is 5.99. The molecule has 0 radical (unpaired) electrons. The van der Waals surface area contributed by atoms with Crippen molar-refractivity contribution in [3.8, 4) is 11.5 Å². The van der Waals surface area contributed by atoms with Gasteiger partial charge in [-0.2, -0.15) is 0 Å². The van der Waals surface area contributed by atoms with Gasteiger partial charge in [0.1, 0.15) is 0 Å². The van der Waals surface area contributed by atoms with Gasteiger partial charge in [-0.25, -0.2) is 0 Å². The molecular formula is C20H31NO3. The highest BCUT2D eigenvalue weighted by Gasteiger charge is 2.38. The van der Waals surface area contributed by atoms with E-state index in [2.05, 4.69) is 30.9 Å². The molecule has 0 amide bonds. The molecule has 1 fully saturated rings. The lowest BCUT2D eigenvalue weighted by Crippen LogP contribution is -2.48. The van der Waals surface area contributed by atoms with Gasteiger partial charge in [0.15, 0.2) is 11.5 Å². The predicted molar refractivity (Wildman–Crippen MR) is 95.7 cm³/mol. The number of nitrogens with zero attached hydrogens (tertiary/aromatic N) is 1. The Morgan fingerprint density at radius 3 is 2.62 bits per heavy atom. The van der Waals surface area contributed by atoms with Gasteiger partial charge >= 0.3 is 0 Å². The molecule has 1 N–H and O–H groups in total. The van der Waals surface area contributed by atoms with Crippen LogP contribution in [0.3, 0.4) is 0 Å². The van der Waals surface area contributed by atoms with Crippen LogP contribution < -0.4 is 9.47 Å². The van der Waals surface area contributed by atoms with Gasteiger partial charge in [0.25, 0.3) is 0 Å². The first-order valence-electron chi connectivity index (χ1n) is 9.24. The van der Waals surface area contributed by atoms with E-state index >= 15 is 0 Å². The van der Waals surface area contributed by atoms with E-state index in [0.717, 1.165) is 43.9 Å². The summed E-state index contributed by atoms with van der Waals surface area (Å²) in [6, 6.07) is 4.53. The summed E-state index contributed by atoms with van der Waals surface area (Å²) in [6.07, 6.45) is 3.97. The van der Waals surface area contributed by atoms with E-state index in [0.29, 0.717) is 17.9 Å².